The molecule has 2 N–H and O–H groups in total. The van der Waals surface area contributed by atoms with Gasteiger partial charge in [0.25, 0.3) is 0 Å². The van der Waals surface area contributed by atoms with Crippen molar-refractivity contribution in [3.63, 3.8) is 0 Å². The maximum Gasteiger partial charge on any atom is 0.190 e. The molecule has 0 aliphatic heterocycles. The second-order valence-electron chi connectivity index (χ2n) is 5.30. The summed E-state index contributed by atoms with van der Waals surface area (Å²) in [4.78, 5) is 4.10. The standard InChI is InChI=1S/C13H29N3O2S.HI/c1-12(2)8-5-6-9-15-13(14-3)16-10-7-11-19(4,17)18;/h12H,5-11H2,1-4H3,(H2,14,15,16);1H. The fourth-order valence-corrected chi connectivity index (χ4v) is 2.31. The molecule has 7 heteroatoms. The zero-order valence-corrected chi connectivity index (χ0v) is 16.3. The summed E-state index contributed by atoms with van der Waals surface area (Å²) in [5, 5.41) is 6.35. The molecule has 122 valence electrons. The first kappa shape index (κ1) is 22.2. The Morgan fingerprint density at radius 1 is 1.10 bits per heavy atom. The van der Waals surface area contributed by atoms with E-state index in [1.165, 1.54) is 19.1 Å². The number of sulfone groups is 1. The van der Waals surface area contributed by atoms with Crippen molar-refractivity contribution < 1.29 is 8.42 Å². The SMILES string of the molecule is CN=C(NCCCCC(C)C)NCCCS(C)(=O)=O.I. The van der Waals surface area contributed by atoms with Crippen molar-refractivity contribution in [1.29, 1.82) is 0 Å². The maximum absolute atomic E-state index is 11.0. The van der Waals surface area contributed by atoms with Gasteiger partial charge in [-0.2, -0.15) is 0 Å². The molecule has 0 heterocycles. The van der Waals surface area contributed by atoms with Crippen molar-refractivity contribution in [3.05, 3.63) is 0 Å². The van der Waals surface area contributed by atoms with Crippen molar-refractivity contribution >= 4 is 39.8 Å². The van der Waals surface area contributed by atoms with Crippen LogP contribution in [-0.4, -0.2) is 46.5 Å². The molecule has 0 saturated heterocycles. The molecule has 5 nitrogen and oxygen atoms in total. The number of nitrogens with zero attached hydrogens (tertiary/aromatic N) is 1. The molecule has 0 amide bonds. The van der Waals surface area contributed by atoms with Crippen molar-refractivity contribution in [2.75, 3.05) is 32.1 Å². The van der Waals surface area contributed by atoms with E-state index in [-0.39, 0.29) is 29.7 Å². The van der Waals surface area contributed by atoms with E-state index in [1.54, 1.807) is 7.05 Å². The summed E-state index contributed by atoms with van der Waals surface area (Å²) in [7, 11) is -1.14. The number of aliphatic imine (C=N–C) groups is 1. The van der Waals surface area contributed by atoms with E-state index in [4.69, 9.17) is 0 Å². The first-order valence-electron chi connectivity index (χ1n) is 6.97. The smallest absolute Gasteiger partial charge is 0.190 e. The lowest BCUT2D eigenvalue weighted by Crippen LogP contribution is -2.38. The highest BCUT2D eigenvalue weighted by atomic mass is 127. The zero-order valence-electron chi connectivity index (χ0n) is 13.1. The topological polar surface area (TPSA) is 70.6 Å². The fraction of sp³-hybridized carbons (Fsp3) is 0.923. The highest BCUT2D eigenvalue weighted by molar-refractivity contribution is 14.0. The van der Waals surface area contributed by atoms with Gasteiger partial charge in [-0.3, -0.25) is 4.99 Å². The molecule has 0 bridgehead atoms. The molecule has 0 unspecified atom stereocenters. The summed E-state index contributed by atoms with van der Waals surface area (Å²) >= 11 is 0. The summed E-state index contributed by atoms with van der Waals surface area (Å²) < 4.78 is 21.9. The van der Waals surface area contributed by atoms with E-state index in [1.807, 2.05) is 0 Å². The third-order valence-corrected chi connectivity index (χ3v) is 3.74. The zero-order chi connectivity index (χ0) is 14.7. The second kappa shape index (κ2) is 12.7. The van der Waals surface area contributed by atoms with E-state index in [0.29, 0.717) is 13.0 Å². The van der Waals surface area contributed by atoms with Gasteiger partial charge in [-0.25, -0.2) is 8.42 Å². The number of hydrogen-bond acceptors (Lipinski definition) is 3. The molecule has 0 aromatic heterocycles. The van der Waals surface area contributed by atoms with Crippen molar-refractivity contribution in [2.24, 2.45) is 10.9 Å². The van der Waals surface area contributed by atoms with Crippen LogP contribution in [0.3, 0.4) is 0 Å². The average molecular weight is 419 g/mol. The van der Waals surface area contributed by atoms with Gasteiger partial charge in [-0.15, -0.1) is 24.0 Å². The lowest BCUT2D eigenvalue weighted by Gasteiger charge is -2.11. The molecule has 0 rings (SSSR count). The first-order valence-corrected chi connectivity index (χ1v) is 9.03. The van der Waals surface area contributed by atoms with Crippen LogP contribution >= 0.6 is 24.0 Å². The van der Waals surface area contributed by atoms with E-state index >= 15 is 0 Å². The first-order chi connectivity index (χ1) is 8.85. The minimum Gasteiger partial charge on any atom is -0.356 e. The molecule has 0 aliphatic carbocycles. The van der Waals surface area contributed by atoms with Crippen molar-refractivity contribution in [3.8, 4) is 0 Å². The molecule has 0 fully saturated rings. The normalized spacial score (nSPS) is 12.2. The molecule has 20 heavy (non-hydrogen) atoms. The third-order valence-electron chi connectivity index (χ3n) is 2.71. The molecule has 0 spiro atoms. The van der Waals surface area contributed by atoms with Gasteiger partial charge in [0.2, 0.25) is 0 Å². The van der Waals surface area contributed by atoms with E-state index in [2.05, 4.69) is 29.5 Å². The Bertz CT molecular complexity index is 357. The van der Waals surface area contributed by atoms with E-state index < -0.39 is 9.84 Å². The average Bonchev–Trinajstić information content (AvgIpc) is 2.29. The molecule has 0 aliphatic rings. The van der Waals surface area contributed by atoms with Crippen molar-refractivity contribution in [1.82, 2.24) is 10.6 Å². The molecule has 0 radical (unpaired) electrons. The predicted octanol–water partition coefficient (Wildman–Crippen LogP) is 2.03. The van der Waals surface area contributed by atoms with Gasteiger partial charge >= 0.3 is 0 Å². The van der Waals surface area contributed by atoms with E-state index in [9.17, 15) is 8.42 Å². The van der Waals surface area contributed by atoms with Gasteiger partial charge in [-0.05, 0) is 18.8 Å². The number of hydrogen-bond donors (Lipinski definition) is 2. The number of guanidine groups is 1. The minimum absolute atomic E-state index is 0. The molecule has 0 saturated carbocycles. The fourth-order valence-electron chi connectivity index (χ4n) is 1.65. The highest BCUT2D eigenvalue weighted by Crippen LogP contribution is 2.04. The summed E-state index contributed by atoms with van der Waals surface area (Å²) in [5.74, 6) is 1.72. The number of halogens is 1. The summed E-state index contributed by atoms with van der Waals surface area (Å²) in [6, 6.07) is 0. The maximum atomic E-state index is 11.0. The van der Waals surface area contributed by atoms with Crippen LogP contribution < -0.4 is 10.6 Å². The molecule has 0 aromatic carbocycles. The van der Waals surface area contributed by atoms with Crippen LogP contribution in [0.15, 0.2) is 4.99 Å². The molecule has 0 atom stereocenters. The number of nitrogens with one attached hydrogen (secondary N) is 2. The minimum atomic E-state index is -2.86. The van der Waals surface area contributed by atoms with E-state index in [0.717, 1.165) is 24.8 Å². The Morgan fingerprint density at radius 2 is 1.65 bits per heavy atom. The summed E-state index contributed by atoms with van der Waals surface area (Å²) in [6.07, 6.45) is 5.46. The molecule has 0 aromatic rings. The number of unbranched alkanes of at least 4 members (excludes halogenated alkanes) is 1. The lowest BCUT2D eigenvalue weighted by molar-refractivity contribution is 0.534. The summed E-state index contributed by atoms with van der Waals surface area (Å²) in [6.45, 7) is 5.99. The van der Waals surface area contributed by atoms with Gasteiger partial charge in [0.15, 0.2) is 5.96 Å². The van der Waals surface area contributed by atoms with Crippen molar-refractivity contribution in [2.45, 2.75) is 39.5 Å². The molecular formula is C13H30IN3O2S. The number of rotatable bonds is 9. The monoisotopic (exact) mass is 419 g/mol. The largest absolute Gasteiger partial charge is 0.356 e. The predicted molar refractivity (Wildman–Crippen MR) is 97.8 cm³/mol. The van der Waals surface area contributed by atoms with Crippen LogP contribution in [0.1, 0.15) is 39.5 Å². The van der Waals surface area contributed by atoms with Crippen LogP contribution in [0.5, 0.6) is 0 Å². The van der Waals surface area contributed by atoms with Gasteiger partial charge in [-0.1, -0.05) is 26.7 Å². The Morgan fingerprint density at radius 3 is 2.10 bits per heavy atom. The second-order valence-corrected chi connectivity index (χ2v) is 7.56. The summed E-state index contributed by atoms with van der Waals surface area (Å²) in [5.41, 5.74) is 0. The van der Waals surface area contributed by atoms with Gasteiger partial charge in [0, 0.05) is 26.4 Å². The van der Waals surface area contributed by atoms with Crippen LogP contribution in [-0.2, 0) is 9.84 Å². The van der Waals surface area contributed by atoms with Crippen LogP contribution in [0.4, 0.5) is 0 Å². The Balaban J connectivity index is 0. The van der Waals surface area contributed by atoms with Crippen LogP contribution in [0.2, 0.25) is 0 Å². The van der Waals surface area contributed by atoms with Gasteiger partial charge in [0.05, 0.1) is 5.75 Å². The van der Waals surface area contributed by atoms with Gasteiger partial charge in [0.1, 0.15) is 9.84 Å². The van der Waals surface area contributed by atoms with Gasteiger partial charge < -0.3 is 10.6 Å². The highest BCUT2D eigenvalue weighted by Gasteiger charge is 2.02. The lowest BCUT2D eigenvalue weighted by atomic mass is 10.1. The third kappa shape index (κ3) is 16.0. The quantitative estimate of drug-likeness (QED) is 0.260. The molecular weight excluding hydrogens is 389 g/mol. The van der Waals surface area contributed by atoms with Crippen LogP contribution in [0.25, 0.3) is 0 Å². The Hall–Kier alpha value is -0.0500. The Labute approximate surface area is 141 Å². The van der Waals surface area contributed by atoms with Crippen LogP contribution in [0, 0.1) is 5.92 Å². The Kier molecular flexibility index (Phi) is 14.1.